The number of anilines is 1. The van der Waals surface area contributed by atoms with Gasteiger partial charge in [-0.2, -0.15) is 5.10 Å². The van der Waals surface area contributed by atoms with E-state index in [2.05, 4.69) is 20.4 Å². The molecule has 0 spiro atoms. The fourth-order valence-electron chi connectivity index (χ4n) is 4.66. The molecular formula is C21H22FN7O. The third-order valence-electron chi connectivity index (χ3n) is 6.30. The van der Waals surface area contributed by atoms with Crippen molar-refractivity contribution in [1.29, 1.82) is 0 Å². The van der Waals surface area contributed by atoms with Crippen molar-refractivity contribution in [2.45, 2.75) is 44.2 Å². The molecule has 1 unspecified atom stereocenters. The smallest absolute Gasteiger partial charge is 0.271 e. The summed E-state index contributed by atoms with van der Waals surface area (Å²) in [6, 6.07) is 3.87. The summed E-state index contributed by atoms with van der Waals surface area (Å²) in [5.74, 6) is 0.248. The van der Waals surface area contributed by atoms with E-state index in [4.69, 9.17) is 4.98 Å². The van der Waals surface area contributed by atoms with Gasteiger partial charge in [-0.25, -0.2) is 18.9 Å². The Kier molecular flexibility index (Phi) is 3.98. The van der Waals surface area contributed by atoms with Crippen LogP contribution in [0.25, 0.3) is 5.65 Å². The van der Waals surface area contributed by atoms with Crippen molar-refractivity contribution in [1.82, 2.24) is 30.0 Å². The Morgan fingerprint density at radius 3 is 2.93 bits per heavy atom. The zero-order chi connectivity index (χ0) is 20.2. The van der Waals surface area contributed by atoms with E-state index < -0.39 is 0 Å². The molecule has 1 aliphatic carbocycles. The van der Waals surface area contributed by atoms with Crippen LogP contribution >= 0.6 is 0 Å². The van der Waals surface area contributed by atoms with Crippen LogP contribution < -0.4 is 10.3 Å². The molecule has 154 valence electrons. The van der Waals surface area contributed by atoms with Gasteiger partial charge in [-0.05, 0) is 43.4 Å². The first kappa shape index (κ1) is 17.8. The number of hydrazine groups is 1. The quantitative estimate of drug-likeness (QED) is 0.667. The molecule has 2 bridgehead atoms. The summed E-state index contributed by atoms with van der Waals surface area (Å²) in [7, 11) is 0. The van der Waals surface area contributed by atoms with E-state index in [0.717, 1.165) is 49.3 Å². The van der Waals surface area contributed by atoms with Crippen LogP contribution in [0.4, 0.5) is 10.2 Å². The van der Waals surface area contributed by atoms with E-state index in [-0.39, 0.29) is 17.8 Å². The monoisotopic (exact) mass is 407 g/mol. The molecule has 1 atom stereocenters. The lowest BCUT2D eigenvalue weighted by atomic mass is 10.0. The molecule has 3 aliphatic rings. The zero-order valence-electron chi connectivity index (χ0n) is 16.5. The molecular weight excluding hydrogens is 385 g/mol. The van der Waals surface area contributed by atoms with Crippen molar-refractivity contribution in [2.75, 3.05) is 18.0 Å². The molecule has 2 aliphatic heterocycles. The Labute approximate surface area is 172 Å². The highest BCUT2D eigenvalue weighted by Crippen LogP contribution is 2.37. The van der Waals surface area contributed by atoms with Gasteiger partial charge >= 0.3 is 0 Å². The van der Waals surface area contributed by atoms with Gasteiger partial charge < -0.3 is 4.90 Å². The number of fused-ring (bicyclic) bond motifs is 5. The second-order valence-corrected chi connectivity index (χ2v) is 8.27. The van der Waals surface area contributed by atoms with Crippen LogP contribution in [0.1, 0.15) is 53.3 Å². The molecule has 0 radical (unpaired) electrons. The number of carbonyl (C=O) groups excluding carboxylic acids is 1. The van der Waals surface area contributed by atoms with Gasteiger partial charge in [-0.15, -0.1) is 0 Å². The molecule has 6 rings (SSSR count). The topological polar surface area (TPSA) is 78.7 Å². The Morgan fingerprint density at radius 1 is 1.17 bits per heavy atom. The van der Waals surface area contributed by atoms with Gasteiger partial charge in [0.1, 0.15) is 17.2 Å². The van der Waals surface area contributed by atoms with E-state index in [1.54, 1.807) is 16.8 Å². The SMILES string of the molecule is O=C1NN(C2CC2)CCc2ncc(F)cc2C2CCCN2c2ccn3ncc1c3n2. The van der Waals surface area contributed by atoms with Crippen LogP contribution in [0.2, 0.25) is 0 Å². The number of nitrogens with one attached hydrogen (secondary N) is 1. The van der Waals surface area contributed by atoms with Gasteiger partial charge in [0.2, 0.25) is 0 Å². The molecule has 9 heteroatoms. The highest BCUT2D eigenvalue weighted by Gasteiger charge is 2.34. The predicted octanol–water partition coefficient (Wildman–Crippen LogP) is 2.27. The first-order chi connectivity index (χ1) is 14.7. The summed E-state index contributed by atoms with van der Waals surface area (Å²) < 4.78 is 15.8. The number of carbonyl (C=O) groups is 1. The number of rotatable bonds is 1. The molecule has 5 heterocycles. The summed E-state index contributed by atoms with van der Waals surface area (Å²) in [6.45, 7) is 1.46. The van der Waals surface area contributed by atoms with Crippen LogP contribution in [0.15, 0.2) is 30.7 Å². The molecule has 8 nitrogen and oxygen atoms in total. The number of hydrogen-bond donors (Lipinski definition) is 1. The van der Waals surface area contributed by atoms with Crippen LogP contribution in [0.3, 0.4) is 0 Å². The first-order valence-corrected chi connectivity index (χ1v) is 10.5. The fourth-order valence-corrected chi connectivity index (χ4v) is 4.66. The minimum Gasteiger partial charge on any atom is -0.349 e. The predicted molar refractivity (Wildman–Crippen MR) is 107 cm³/mol. The molecule has 1 N–H and O–H groups in total. The van der Waals surface area contributed by atoms with Crippen molar-refractivity contribution < 1.29 is 9.18 Å². The molecule has 3 aromatic heterocycles. The average molecular weight is 407 g/mol. The maximum Gasteiger partial charge on any atom is 0.271 e. The molecule has 30 heavy (non-hydrogen) atoms. The standard InChI is InChI=1S/C21H22FN7O/c22-13-10-15-17(23-11-13)5-8-28(14-3-4-14)26-21(30)16-12-24-29-9-6-19(25-20(16)29)27-7-1-2-18(15)27/h6,9-12,14,18H,1-5,7-8H2,(H,26,30). The number of pyridine rings is 1. The van der Waals surface area contributed by atoms with Crippen LogP contribution in [-0.2, 0) is 6.42 Å². The summed E-state index contributed by atoms with van der Waals surface area (Å²) in [5.41, 5.74) is 5.85. The Hall–Kier alpha value is -3.07. The largest absolute Gasteiger partial charge is 0.349 e. The van der Waals surface area contributed by atoms with Crippen LogP contribution in [-0.4, -0.2) is 49.6 Å². The fraction of sp³-hybridized carbons (Fsp3) is 0.429. The van der Waals surface area contributed by atoms with Crippen molar-refractivity contribution in [3.05, 3.63) is 53.4 Å². The summed E-state index contributed by atoms with van der Waals surface area (Å²) in [6.07, 6.45) is 9.35. The Balaban J connectivity index is 1.51. The number of aromatic nitrogens is 4. The second-order valence-electron chi connectivity index (χ2n) is 8.27. The highest BCUT2D eigenvalue weighted by molar-refractivity contribution is 5.99. The average Bonchev–Trinajstić information content (AvgIpc) is 3.32. The maximum atomic E-state index is 14.2. The van der Waals surface area contributed by atoms with E-state index in [1.165, 1.54) is 6.20 Å². The van der Waals surface area contributed by atoms with E-state index in [0.29, 0.717) is 30.2 Å². The minimum absolute atomic E-state index is 0.0170. The normalized spacial score (nSPS) is 22.2. The van der Waals surface area contributed by atoms with Gasteiger partial charge in [-0.1, -0.05) is 0 Å². The Morgan fingerprint density at radius 2 is 2.07 bits per heavy atom. The van der Waals surface area contributed by atoms with E-state index in [9.17, 15) is 9.18 Å². The van der Waals surface area contributed by atoms with Gasteiger partial charge in [0.05, 0.1) is 18.4 Å². The van der Waals surface area contributed by atoms with Gasteiger partial charge in [-0.3, -0.25) is 15.2 Å². The van der Waals surface area contributed by atoms with Gasteiger partial charge in [0, 0.05) is 37.4 Å². The molecule has 0 aromatic carbocycles. The van der Waals surface area contributed by atoms with Crippen molar-refractivity contribution in [2.24, 2.45) is 0 Å². The zero-order valence-corrected chi connectivity index (χ0v) is 16.5. The van der Waals surface area contributed by atoms with E-state index >= 15 is 0 Å². The summed E-state index contributed by atoms with van der Waals surface area (Å²) in [5, 5.41) is 6.29. The number of hydrogen-bond acceptors (Lipinski definition) is 6. The number of halogens is 1. The van der Waals surface area contributed by atoms with Crippen molar-refractivity contribution >= 4 is 17.4 Å². The summed E-state index contributed by atoms with van der Waals surface area (Å²) in [4.78, 5) is 24.5. The number of amides is 1. The van der Waals surface area contributed by atoms with Gasteiger partial charge in [0.15, 0.2) is 5.65 Å². The Bertz CT molecular complexity index is 1140. The third-order valence-corrected chi connectivity index (χ3v) is 6.30. The second kappa shape index (κ2) is 6.73. The lowest BCUT2D eigenvalue weighted by molar-refractivity contribution is 0.0775. The molecule has 1 saturated heterocycles. The van der Waals surface area contributed by atoms with Crippen molar-refractivity contribution in [3.8, 4) is 0 Å². The first-order valence-electron chi connectivity index (χ1n) is 10.5. The lowest BCUT2D eigenvalue weighted by Gasteiger charge is -2.28. The summed E-state index contributed by atoms with van der Waals surface area (Å²) >= 11 is 0. The van der Waals surface area contributed by atoms with Crippen LogP contribution in [0, 0.1) is 5.82 Å². The van der Waals surface area contributed by atoms with E-state index in [1.807, 2.05) is 17.3 Å². The molecule has 2 fully saturated rings. The molecule has 3 aromatic rings. The van der Waals surface area contributed by atoms with Crippen molar-refractivity contribution in [3.63, 3.8) is 0 Å². The molecule has 1 amide bonds. The maximum absolute atomic E-state index is 14.2. The lowest BCUT2D eigenvalue weighted by Crippen LogP contribution is -2.45. The number of nitrogens with zero attached hydrogens (tertiary/aromatic N) is 6. The van der Waals surface area contributed by atoms with Crippen LogP contribution in [0.5, 0.6) is 0 Å². The third kappa shape index (κ3) is 2.92. The highest BCUT2D eigenvalue weighted by atomic mass is 19.1. The molecule has 1 saturated carbocycles. The van der Waals surface area contributed by atoms with Gasteiger partial charge in [0.25, 0.3) is 5.91 Å². The minimum atomic E-state index is -0.321.